The van der Waals surface area contributed by atoms with Crippen LogP contribution in [0.25, 0.3) is 0 Å². The van der Waals surface area contributed by atoms with Gasteiger partial charge in [0.25, 0.3) is 0 Å². The van der Waals surface area contributed by atoms with Crippen molar-refractivity contribution < 1.29 is 106 Å². The molecule has 0 heterocycles. The van der Waals surface area contributed by atoms with Crippen molar-refractivity contribution in [2.45, 2.75) is 0 Å². The third kappa shape index (κ3) is 32.6. The summed E-state index contributed by atoms with van der Waals surface area (Å²) in [6, 6.07) is 0. The van der Waals surface area contributed by atoms with Crippen LogP contribution in [0.5, 0.6) is 0 Å². The van der Waals surface area contributed by atoms with Gasteiger partial charge in [-0.25, -0.2) is 0 Å². The Balaban J connectivity index is -0.000000256. The van der Waals surface area contributed by atoms with Gasteiger partial charge in [0.15, 0.2) is 0 Å². The molecule has 119 valence electrons. The number of phosphoric acid groups is 2. The molecule has 0 saturated heterocycles. The number of hydrogen-bond donors (Lipinski definition) is 4. The molecule has 0 atom stereocenters. The minimum Gasteiger partial charge on any atom is 2.00 e. The van der Waals surface area contributed by atoms with E-state index in [-0.39, 0.29) is 16.8 Å². The first kappa shape index (κ1) is 25.2. The maximum Gasteiger partial charge on any atom is 2.00 e. The van der Waals surface area contributed by atoms with E-state index in [1.807, 2.05) is 0 Å². The standard InChI is InChI=1S/Co.2Mo.2H3O4P.6O/c;;;2*1-5(2,3)4;;;;;;/h;;;2*(H3,1,2,3,4);;;;;;/q+2;2*+1;;;;;;;2*-1/p-2. The van der Waals surface area contributed by atoms with Crippen molar-refractivity contribution in [3.63, 3.8) is 0 Å². The number of hydrogen-bond acceptors (Lipinski definition) is 10. The molecule has 0 aliphatic rings. The Morgan fingerprint density at radius 1 is 0.737 bits per heavy atom. The van der Waals surface area contributed by atoms with E-state index in [1.165, 1.54) is 0 Å². The molecule has 4 N–H and O–H groups in total. The molecule has 0 saturated carbocycles. The van der Waals surface area contributed by atoms with Crippen molar-refractivity contribution in [1.29, 1.82) is 0 Å². The molecule has 0 fully saturated rings. The van der Waals surface area contributed by atoms with Crippen LogP contribution >= 0.6 is 15.6 Å². The first-order valence-corrected chi connectivity index (χ1v) is 12.5. The van der Waals surface area contributed by atoms with Gasteiger partial charge >= 0.3 is 122 Å². The van der Waals surface area contributed by atoms with E-state index in [4.69, 9.17) is 19.6 Å². The van der Waals surface area contributed by atoms with Gasteiger partial charge < -0.3 is 0 Å². The molecule has 0 bridgehead atoms. The molecule has 0 amide bonds. The molecular formula is H4CoMo2O14P2. The predicted molar refractivity (Wildman–Crippen MR) is 29.0 cm³/mol. The third-order valence-electron chi connectivity index (χ3n) is 0.377. The van der Waals surface area contributed by atoms with Crippen LogP contribution in [0.15, 0.2) is 0 Å². The summed E-state index contributed by atoms with van der Waals surface area (Å²) >= 11 is -12.6. The van der Waals surface area contributed by atoms with Gasteiger partial charge in [-0.15, -0.1) is 0 Å². The summed E-state index contributed by atoms with van der Waals surface area (Å²) in [5.74, 6) is 0. The van der Waals surface area contributed by atoms with Crippen LogP contribution in [0, 0.1) is 0 Å². The average molecular weight is 541 g/mol. The summed E-state index contributed by atoms with van der Waals surface area (Å²) in [5.41, 5.74) is 0. The average Bonchev–Trinajstić information content (AvgIpc) is 1.64. The molecule has 19 heavy (non-hydrogen) atoms. The minimum absolute atomic E-state index is 0. The molecule has 0 unspecified atom stereocenters. The first-order chi connectivity index (χ1) is 7.41. The third-order valence-corrected chi connectivity index (χ3v) is 6.69. The molecule has 0 aromatic heterocycles. The zero-order valence-corrected chi connectivity index (χ0v) is 14.8. The van der Waals surface area contributed by atoms with Crippen LogP contribution in [-0.2, 0) is 79.3 Å². The minimum atomic E-state index is -6.28. The van der Waals surface area contributed by atoms with Crippen molar-refractivity contribution in [1.82, 2.24) is 0 Å². The number of rotatable bonds is 4. The van der Waals surface area contributed by atoms with E-state index < -0.39 is 49.1 Å². The van der Waals surface area contributed by atoms with Crippen LogP contribution in [-0.4, -0.2) is 19.6 Å². The van der Waals surface area contributed by atoms with Crippen molar-refractivity contribution in [2.24, 2.45) is 0 Å². The monoisotopic (exact) mass is 545 g/mol. The van der Waals surface area contributed by atoms with E-state index >= 15 is 0 Å². The van der Waals surface area contributed by atoms with Crippen molar-refractivity contribution in [3.8, 4) is 0 Å². The SMILES string of the molecule is O=P(O)(O)[O][Mo](=[O])(=[O])[O-].O=P(O)(O)[O][Mo](=[O])(=[O])[O-].[Co+2]. The summed E-state index contributed by atoms with van der Waals surface area (Å²) in [6.45, 7) is 0. The van der Waals surface area contributed by atoms with E-state index in [9.17, 15) is 30.2 Å². The molecule has 1 radical (unpaired) electrons. The molecular weight excluding hydrogens is 537 g/mol. The molecule has 0 aromatic rings. The Hall–Kier alpha value is 1.22. The van der Waals surface area contributed by atoms with Gasteiger partial charge in [0, 0.05) is 0 Å². The first-order valence-electron chi connectivity index (χ1n) is 2.86. The van der Waals surface area contributed by atoms with Gasteiger partial charge in [0.1, 0.15) is 0 Å². The fourth-order valence-electron chi connectivity index (χ4n) is 0.238. The zero-order chi connectivity index (χ0) is 15.4. The van der Waals surface area contributed by atoms with E-state index in [2.05, 4.69) is 6.35 Å². The van der Waals surface area contributed by atoms with Gasteiger partial charge in [-0.2, -0.15) is 0 Å². The molecule has 19 heteroatoms. The maximum atomic E-state index is 9.57. The van der Waals surface area contributed by atoms with Crippen molar-refractivity contribution in [2.75, 3.05) is 0 Å². The van der Waals surface area contributed by atoms with E-state index in [0.717, 1.165) is 0 Å². The normalized spacial score (nSPS) is 12.9. The van der Waals surface area contributed by atoms with Gasteiger partial charge in [-0.3, -0.25) is 0 Å². The zero-order valence-electron chi connectivity index (χ0n) is 7.92. The Morgan fingerprint density at radius 2 is 0.895 bits per heavy atom. The summed E-state index contributed by atoms with van der Waals surface area (Å²) in [7, 11) is -10.3. The second-order valence-electron chi connectivity index (χ2n) is 1.95. The summed E-state index contributed by atoms with van der Waals surface area (Å²) in [4.78, 5) is 30.8. The molecule has 0 aliphatic heterocycles. The summed E-state index contributed by atoms with van der Waals surface area (Å²) in [6.07, 6.45) is 0. The van der Waals surface area contributed by atoms with Crippen LogP contribution in [0.4, 0.5) is 0 Å². The molecule has 14 nitrogen and oxygen atoms in total. The molecule has 0 aliphatic carbocycles. The van der Waals surface area contributed by atoms with Gasteiger partial charge in [-0.1, -0.05) is 0 Å². The second-order valence-corrected chi connectivity index (χ2v) is 10.4. The Bertz CT molecular complexity index is 488. The van der Waals surface area contributed by atoms with Crippen molar-refractivity contribution in [3.05, 3.63) is 0 Å². The van der Waals surface area contributed by atoms with Crippen LogP contribution in [0.1, 0.15) is 0 Å². The molecule has 0 aromatic carbocycles. The Morgan fingerprint density at radius 3 is 0.895 bits per heavy atom. The Kier molecular flexibility index (Phi) is 11.4. The molecule has 0 rings (SSSR count). The fourth-order valence-corrected chi connectivity index (χ4v) is 4.22. The molecule has 0 spiro atoms. The quantitative estimate of drug-likeness (QED) is 0.197. The summed E-state index contributed by atoms with van der Waals surface area (Å²) < 4.78 is 81.7. The van der Waals surface area contributed by atoms with E-state index in [1.54, 1.807) is 0 Å². The summed E-state index contributed by atoms with van der Waals surface area (Å²) in [5, 5.41) is 0. The maximum absolute atomic E-state index is 9.57. The second kappa shape index (κ2) is 8.61. The largest absolute Gasteiger partial charge is 2.00 e. The van der Waals surface area contributed by atoms with Crippen molar-refractivity contribution >= 4 is 15.6 Å². The van der Waals surface area contributed by atoms with Gasteiger partial charge in [-0.05, 0) is 0 Å². The van der Waals surface area contributed by atoms with Gasteiger partial charge in [0.2, 0.25) is 0 Å². The van der Waals surface area contributed by atoms with Crippen LogP contribution < -0.4 is 7.52 Å². The van der Waals surface area contributed by atoms with Gasteiger partial charge in [0.05, 0.1) is 0 Å². The van der Waals surface area contributed by atoms with E-state index in [0.29, 0.717) is 0 Å². The van der Waals surface area contributed by atoms with Crippen LogP contribution in [0.3, 0.4) is 0 Å². The predicted octanol–water partition coefficient (Wildman–Crippen LogP) is -3.74. The fraction of sp³-hybridized carbons (Fsp3) is 0. The smallest absolute Gasteiger partial charge is 2.00 e. The van der Waals surface area contributed by atoms with Crippen LogP contribution in [0.2, 0.25) is 0 Å². The Labute approximate surface area is 121 Å². The topological polar surface area (TPSA) is 248 Å².